The van der Waals surface area contributed by atoms with Crippen LogP contribution in [-0.2, 0) is 24.6 Å². The summed E-state index contributed by atoms with van der Waals surface area (Å²) in [7, 11) is 1.23. The summed E-state index contributed by atoms with van der Waals surface area (Å²) in [6, 6.07) is 7.26. The van der Waals surface area contributed by atoms with Crippen LogP contribution >= 0.6 is 0 Å². The van der Waals surface area contributed by atoms with Gasteiger partial charge in [-0.25, -0.2) is 23.6 Å². The summed E-state index contributed by atoms with van der Waals surface area (Å²) in [5, 5.41) is 12.8. The smallest absolute Gasteiger partial charge is 0.338 e. The maximum absolute atomic E-state index is 13.7. The van der Waals surface area contributed by atoms with E-state index in [2.05, 4.69) is 10.3 Å². The number of hydrogen-bond acceptors (Lipinski definition) is 8. The Morgan fingerprint density at radius 2 is 1.94 bits per heavy atom. The van der Waals surface area contributed by atoms with Gasteiger partial charge in [0.15, 0.2) is 5.84 Å². The third-order valence-electron chi connectivity index (χ3n) is 6.04. The fourth-order valence-corrected chi connectivity index (χ4v) is 4.23. The van der Waals surface area contributed by atoms with E-state index >= 15 is 0 Å². The molecule has 0 bridgehead atoms. The van der Waals surface area contributed by atoms with E-state index in [1.54, 1.807) is 11.8 Å². The molecular formula is C24H24F2N4O5. The number of rotatable bonds is 6. The number of amidine groups is 1. The van der Waals surface area contributed by atoms with Gasteiger partial charge in [0, 0.05) is 18.8 Å². The van der Waals surface area contributed by atoms with Crippen LogP contribution in [0.2, 0.25) is 0 Å². The molecule has 3 heterocycles. The maximum atomic E-state index is 13.7. The average Bonchev–Trinajstić information content (AvgIpc) is 2.84. The molecule has 1 aromatic heterocycles. The number of esters is 1. The number of benzene rings is 1. The van der Waals surface area contributed by atoms with Crippen molar-refractivity contribution < 1.29 is 33.0 Å². The summed E-state index contributed by atoms with van der Waals surface area (Å²) in [6.07, 6.45) is 1.04. The van der Waals surface area contributed by atoms with Crippen LogP contribution in [-0.4, -0.2) is 72.2 Å². The van der Waals surface area contributed by atoms with E-state index in [0.717, 1.165) is 6.20 Å². The Hall–Kier alpha value is -3.70. The van der Waals surface area contributed by atoms with E-state index in [9.17, 15) is 23.5 Å². The van der Waals surface area contributed by atoms with Gasteiger partial charge in [-0.15, -0.1) is 0 Å². The van der Waals surface area contributed by atoms with Crippen LogP contribution in [0.15, 0.2) is 58.9 Å². The number of carbonyl (C=O) groups excluding carboxylic acids is 1. The van der Waals surface area contributed by atoms with Gasteiger partial charge in [0.05, 0.1) is 32.1 Å². The largest absolute Gasteiger partial charge is 0.480 e. The Morgan fingerprint density at radius 1 is 1.23 bits per heavy atom. The normalized spacial score (nSPS) is 22.9. The lowest BCUT2D eigenvalue weighted by Crippen LogP contribution is -2.53. The first-order valence-corrected chi connectivity index (χ1v) is 10.8. The predicted molar refractivity (Wildman–Crippen MR) is 120 cm³/mol. The number of halogens is 2. The molecule has 4 rings (SSSR count). The number of morpholine rings is 1. The van der Waals surface area contributed by atoms with Gasteiger partial charge in [-0.1, -0.05) is 12.1 Å². The van der Waals surface area contributed by atoms with Crippen LogP contribution in [0.1, 0.15) is 18.2 Å². The Balaban J connectivity index is 1.87. The van der Waals surface area contributed by atoms with Gasteiger partial charge in [-0.2, -0.15) is 0 Å². The fraction of sp³-hybridized carbons (Fsp3) is 0.333. The number of carboxylic acid groups (broad SMARTS) is 1. The topological polar surface area (TPSA) is 113 Å². The van der Waals surface area contributed by atoms with Crippen LogP contribution in [0.4, 0.5) is 8.78 Å². The second kappa shape index (κ2) is 9.88. The molecule has 1 fully saturated rings. The molecule has 2 aromatic rings. The van der Waals surface area contributed by atoms with Crippen molar-refractivity contribution in [3.8, 4) is 0 Å². The first-order valence-electron chi connectivity index (χ1n) is 10.8. The van der Waals surface area contributed by atoms with Gasteiger partial charge in [0.25, 0.3) is 0 Å². The van der Waals surface area contributed by atoms with Gasteiger partial charge < -0.3 is 19.9 Å². The molecule has 0 amide bonds. The number of pyridine rings is 1. The molecule has 0 saturated carbocycles. The number of hydrogen-bond donors (Lipinski definition) is 2. The van der Waals surface area contributed by atoms with E-state index in [1.807, 2.05) is 0 Å². The first kappa shape index (κ1) is 24.4. The van der Waals surface area contributed by atoms with Crippen LogP contribution in [0.3, 0.4) is 0 Å². The highest BCUT2D eigenvalue weighted by Crippen LogP contribution is 2.39. The van der Waals surface area contributed by atoms with E-state index in [1.165, 1.54) is 43.5 Å². The molecule has 0 radical (unpaired) electrons. The Kier molecular flexibility index (Phi) is 6.90. The van der Waals surface area contributed by atoms with E-state index in [-0.39, 0.29) is 24.6 Å². The van der Waals surface area contributed by atoms with Crippen molar-refractivity contribution in [3.05, 3.63) is 76.8 Å². The summed E-state index contributed by atoms with van der Waals surface area (Å²) < 4.78 is 37.6. The van der Waals surface area contributed by atoms with Crippen molar-refractivity contribution in [2.24, 2.45) is 4.99 Å². The van der Waals surface area contributed by atoms with E-state index in [4.69, 9.17) is 14.5 Å². The number of aliphatic carboxylic acids is 1. The molecule has 184 valence electrons. The van der Waals surface area contributed by atoms with Crippen molar-refractivity contribution >= 4 is 17.8 Å². The number of carboxylic acids is 1. The molecule has 0 aliphatic carbocycles. The minimum atomic E-state index is -1.35. The summed E-state index contributed by atoms with van der Waals surface area (Å²) in [5.74, 6) is -2.50. The van der Waals surface area contributed by atoms with Gasteiger partial charge in [0.1, 0.15) is 28.9 Å². The molecule has 1 unspecified atom stereocenters. The molecule has 1 saturated heterocycles. The Labute approximate surface area is 200 Å². The Bertz CT molecular complexity index is 1180. The molecule has 2 aliphatic heterocycles. The molecule has 11 heteroatoms. The summed E-state index contributed by atoms with van der Waals surface area (Å²) >= 11 is 0. The minimum absolute atomic E-state index is 0.00807. The second-order valence-electron chi connectivity index (χ2n) is 8.27. The maximum Gasteiger partial charge on any atom is 0.338 e. The third-order valence-corrected chi connectivity index (χ3v) is 6.04. The monoisotopic (exact) mass is 486 g/mol. The predicted octanol–water partition coefficient (Wildman–Crippen LogP) is 1.84. The summed E-state index contributed by atoms with van der Waals surface area (Å²) in [6.45, 7) is 2.32. The number of nitrogens with one attached hydrogen (secondary N) is 1. The highest BCUT2D eigenvalue weighted by molar-refractivity contribution is 6.03. The van der Waals surface area contributed by atoms with Gasteiger partial charge in [0.2, 0.25) is 0 Å². The number of aromatic nitrogens is 1. The summed E-state index contributed by atoms with van der Waals surface area (Å²) in [5.41, 5.74) is -0.0775. The fourth-order valence-electron chi connectivity index (χ4n) is 4.23. The lowest BCUT2D eigenvalue weighted by Gasteiger charge is -2.38. The van der Waals surface area contributed by atoms with Crippen molar-refractivity contribution in [2.45, 2.75) is 18.5 Å². The number of aliphatic imine (C=N–C) groups is 1. The van der Waals surface area contributed by atoms with E-state index in [0.29, 0.717) is 30.1 Å². The Morgan fingerprint density at radius 3 is 2.57 bits per heavy atom. The lowest BCUT2D eigenvalue weighted by molar-refractivity contribution is -0.149. The van der Waals surface area contributed by atoms with Gasteiger partial charge >= 0.3 is 11.9 Å². The molecule has 2 aliphatic rings. The standard InChI is InChI=1S/C24H24F2N4O5/c1-24(14-3-5-15(25)6-4-14)20(23(33)34-2)18(12-30-9-10-35-13-19(30)22(31)32)28-21(29-24)17-8-7-16(26)11-27-17/h3-8,11,19H,9-10,12-13H2,1-2H3,(H,28,29)(H,31,32)/t19-,24?/m1/s1. The first-order chi connectivity index (χ1) is 16.7. The van der Waals surface area contributed by atoms with Crippen LogP contribution in [0.25, 0.3) is 0 Å². The zero-order valence-electron chi connectivity index (χ0n) is 19.1. The molecule has 2 atom stereocenters. The number of carbonyl (C=O) groups is 2. The van der Waals surface area contributed by atoms with Crippen molar-refractivity contribution in [2.75, 3.05) is 33.4 Å². The van der Waals surface area contributed by atoms with Gasteiger partial charge in [-0.05, 0) is 36.8 Å². The van der Waals surface area contributed by atoms with Crippen molar-refractivity contribution in [1.82, 2.24) is 15.2 Å². The zero-order valence-corrected chi connectivity index (χ0v) is 19.1. The molecule has 0 spiro atoms. The molecule has 35 heavy (non-hydrogen) atoms. The number of methoxy groups -OCH3 is 1. The minimum Gasteiger partial charge on any atom is -0.480 e. The highest BCUT2D eigenvalue weighted by atomic mass is 19.1. The molecule has 1 aromatic carbocycles. The SMILES string of the molecule is COC(=O)C1=C(CN2CCOC[C@@H]2C(=O)O)NC(c2ccc(F)cn2)=NC1(C)c1ccc(F)cc1. The number of ether oxygens (including phenoxy) is 2. The van der Waals surface area contributed by atoms with Crippen LogP contribution in [0.5, 0.6) is 0 Å². The highest BCUT2D eigenvalue weighted by Gasteiger charge is 2.43. The summed E-state index contributed by atoms with van der Waals surface area (Å²) in [4.78, 5) is 35.4. The van der Waals surface area contributed by atoms with Crippen molar-refractivity contribution in [3.63, 3.8) is 0 Å². The quantitative estimate of drug-likeness (QED) is 0.595. The van der Waals surface area contributed by atoms with Crippen LogP contribution in [0, 0.1) is 11.6 Å². The van der Waals surface area contributed by atoms with E-state index < -0.39 is 35.2 Å². The third kappa shape index (κ3) is 4.91. The van der Waals surface area contributed by atoms with Crippen molar-refractivity contribution in [1.29, 1.82) is 0 Å². The van der Waals surface area contributed by atoms with Crippen LogP contribution < -0.4 is 5.32 Å². The number of nitrogens with zero attached hydrogens (tertiary/aromatic N) is 3. The average molecular weight is 486 g/mol. The second-order valence-corrected chi connectivity index (χ2v) is 8.27. The zero-order chi connectivity index (χ0) is 25.2. The molecule has 2 N–H and O–H groups in total. The lowest BCUT2D eigenvalue weighted by atomic mass is 9.82. The molecular weight excluding hydrogens is 462 g/mol. The molecule has 9 nitrogen and oxygen atoms in total. The van der Waals surface area contributed by atoms with Gasteiger partial charge in [-0.3, -0.25) is 9.69 Å².